The van der Waals surface area contributed by atoms with Gasteiger partial charge in [0.2, 0.25) is 15.9 Å². The number of aryl methyl sites for hydroxylation is 2. The van der Waals surface area contributed by atoms with E-state index in [-0.39, 0.29) is 23.6 Å². The van der Waals surface area contributed by atoms with Gasteiger partial charge in [0.15, 0.2) is 0 Å². The number of benzene rings is 3. The number of aliphatic carboxylic acids is 1. The molecule has 0 saturated carbocycles. The van der Waals surface area contributed by atoms with Gasteiger partial charge in [-0.1, -0.05) is 80.1 Å². The molecule has 0 aromatic heterocycles. The molecule has 0 radical (unpaired) electrons. The fraction of sp³-hybridized carbons (Fsp3) is 0.310. The Morgan fingerprint density at radius 3 is 1.78 bits per heavy atom. The van der Waals surface area contributed by atoms with Crippen LogP contribution in [0.2, 0.25) is 0 Å². The molecule has 0 aliphatic rings. The third-order valence-corrected chi connectivity index (χ3v) is 7.16. The van der Waals surface area contributed by atoms with Crippen molar-refractivity contribution in [2.45, 2.75) is 51.0 Å². The quantitative estimate of drug-likeness (QED) is 0.401. The summed E-state index contributed by atoms with van der Waals surface area (Å²) >= 11 is 0. The van der Waals surface area contributed by atoms with Gasteiger partial charge < -0.3 is 10.0 Å². The zero-order valence-electron chi connectivity index (χ0n) is 22.1. The number of nitrogens with one attached hydrogen (secondary N) is 1. The highest BCUT2D eigenvalue weighted by Crippen LogP contribution is 2.22. The van der Waals surface area contributed by atoms with Gasteiger partial charge in [-0.3, -0.25) is 9.59 Å². The van der Waals surface area contributed by atoms with Gasteiger partial charge in [0.1, 0.15) is 6.04 Å². The zero-order chi connectivity index (χ0) is 27.6. The zero-order valence-corrected chi connectivity index (χ0v) is 22.9. The molecule has 0 spiro atoms. The third kappa shape index (κ3) is 8.84. The normalized spacial score (nSPS) is 11.7. The Hall–Kier alpha value is -3.49. The molecule has 8 heteroatoms. The number of amides is 1. The number of sulfonamides is 1. The second-order valence-electron chi connectivity index (χ2n) is 8.71. The lowest BCUT2D eigenvalue weighted by Gasteiger charge is -2.22. The van der Waals surface area contributed by atoms with Crippen molar-refractivity contribution in [2.75, 3.05) is 14.1 Å². The molecule has 0 aliphatic heterocycles. The molecule has 3 aromatic rings. The molecule has 0 heterocycles. The van der Waals surface area contributed by atoms with Crippen LogP contribution in [0.4, 0.5) is 0 Å². The molecule has 3 aromatic carbocycles. The molecule has 1 unspecified atom stereocenters. The summed E-state index contributed by atoms with van der Waals surface area (Å²) in [5.74, 6) is -1.15. The molecule has 0 fully saturated rings. The lowest BCUT2D eigenvalue weighted by atomic mass is 9.99. The van der Waals surface area contributed by atoms with Gasteiger partial charge in [-0.2, -0.15) is 4.72 Å². The van der Waals surface area contributed by atoms with Crippen molar-refractivity contribution >= 4 is 21.9 Å². The van der Waals surface area contributed by atoms with E-state index in [0.717, 1.165) is 27.8 Å². The summed E-state index contributed by atoms with van der Waals surface area (Å²) in [7, 11) is -0.683. The minimum absolute atomic E-state index is 0.0918. The van der Waals surface area contributed by atoms with Gasteiger partial charge in [-0.15, -0.1) is 0 Å². The van der Waals surface area contributed by atoms with Gasteiger partial charge >= 0.3 is 5.97 Å². The Balaban J connectivity index is 0.00000235. The first-order valence-electron chi connectivity index (χ1n) is 12.3. The molecular formula is C29H36N2O5S. The van der Waals surface area contributed by atoms with Crippen molar-refractivity contribution in [1.29, 1.82) is 0 Å². The van der Waals surface area contributed by atoms with Crippen LogP contribution in [0.5, 0.6) is 0 Å². The van der Waals surface area contributed by atoms with Crippen LogP contribution in [0.15, 0.2) is 77.7 Å². The van der Waals surface area contributed by atoms with Crippen LogP contribution in [-0.4, -0.2) is 50.4 Å². The van der Waals surface area contributed by atoms with Crippen LogP contribution in [-0.2, 0) is 32.5 Å². The smallest absolute Gasteiger partial charge is 0.303 e. The van der Waals surface area contributed by atoms with E-state index in [1.807, 2.05) is 69.3 Å². The lowest BCUT2D eigenvalue weighted by molar-refractivity contribution is -0.137. The predicted molar refractivity (Wildman–Crippen MR) is 147 cm³/mol. The van der Waals surface area contributed by atoms with Crippen LogP contribution in [0, 0.1) is 6.92 Å². The fourth-order valence-electron chi connectivity index (χ4n) is 3.65. The summed E-state index contributed by atoms with van der Waals surface area (Å²) < 4.78 is 28.4. The summed E-state index contributed by atoms with van der Waals surface area (Å²) in [6, 6.07) is 20.9. The van der Waals surface area contributed by atoms with Crippen LogP contribution < -0.4 is 4.72 Å². The van der Waals surface area contributed by atoms with E-state index in [4.69, 9.17) is 5.11 Å². The van der Waals surface area contributed by atoms with Gasteiger partial charge in [-0.25, -0.2) is 8.42 Å². The topological polar surface area (TPSA) is 104 Å². The highest BCUT2D eigenvalue weighted by Gasteiger charge is 2.27. The van der Waals surface area contributed by atoms with Gasteiger partial charge in [0.25, 0.3) is 0 Å². The van der Waals surface area contributed by atoms with E-state index in [2.05, 4.69) is 4.72 Å². The number of carbonyl (C=O) groups is 2. The third-order valence-electron chi connectivity index (χ3n) is 5.68. The molecule has 2 N–H and O–H groups in total. The SMILES string of the molecule is CC.Cc1ccc(S(=O)(=O)NC(Cc2ccc(-c3ccc(CCC(=O)O)cc3)cc2)C(=O)N(C)C)cc1. The number of hydrogen-bond acceptors (Lipinski definition) is 4. The molecule has 37 heavy (non-hydrogen) atoms. The summed E-state index contributed by atoms with van der Waals surface area (Å²) in [5, 5.41) is 8.83. The number of nitrogens with zero attached hydrogens (tertiary/aromatic N) is 1. The standard InChI is InChI=1S/C27H30N2O5S.C2H6/c1-19-4-15-24(16-5-19)35(33,34)28-25(27(32)29(2)3)18-21-8-13-23(14-9-21)22-11-6-20(7-12-22)10-17-26(30)31;1-2/h4-9,11-16,25,28H,10,17-18H2,1-3H3,(H,30,31);1-2H3. The molecule has 0 saturated heterocycles. The van der Waals surface area contributed by atoms with Crippen molar-refractivity contribution in [1.82, 2.24) is 9.62 Å². The first kappa shape index (κ1) is 29.7. The summed E-state index contributed by atoms with van der Waals surface area (Å²) in [4.78, 5) is 25.0. The molecule has 1 atom stereocenters. The Morgan fingerprint density at radius 1 is 0.838 bits per heavy atom. The van der Waals surface area contributed by atoms with Crippen LogP contribution in [0.3, 0.4) is 0 Å². The minimum Gasteiger partial charge on any atom is -0.481 e. The number of hydrogen-bond donors (Lipinski definition) is 2. The average Bonchev–Trinajstić information content (AvgIpc) is 2.88. The largest absolute Gasteiger partial charge is 0.481 e. The second-order valence-corrected chi connectivity index (χ2v) is 10.4. The summed E-state index contributed by atoms with van der Waals surface area (Å²) in [5.41, 5.74) is 4.67. The minimum atomic E-state index is -3.87. The average molecular weight is 525 g/mol. The lowest BCUT2D eigenvalue weighted by Crippen LogP contribution is -2.47. The van der Waals surface area contributed by atoms with Crippen LogP contribution in [0.25, 0.3) is 11.1 Å². The Bertz CT molecular complexity index is 1270. The van der Waals surface area contributed by atoms with E-state index in [1.165, 1.54) is 17.0 Å². The monoisotopic (exact) mass is 524 g/mol. The maximum Gasteiger partial charge on any atom is 0.303 e. The Labute approximate surface area is 220 Å². The van der Waals surface area contributed by atoms with E-state index in [1.54, 1.807) is 26.2 Å². The predicted octanol–water partition coefficient (Wildman–Crippen LogP) is 4.68. The van der Waals surface area contributed by atoms with E-state index in [0.29, 0.717) is 6.42 Å². The molecule has 1 amide bonds. The Kier molecular flexibility index (Phi) is 11.0. The second kappa shape index (κ2) is 13.7. The van der Waals surface area contributed by atoms with Crippen molar-refractivity contribution in [3.63, 3.8) is 0 Å². The number of rotatable bonds is 10. The van der Waals surface area contributed by atoms with Gasteiger partial charge in [-0.05, 0) is 54.2 Å². The number of carbonyl (C=O) groups excluding carboxylic acids is 1. The van der Waals surface area contributed by atoms with E-state index < -0.39 is 22.0 Å². The summed E-state index contributed by atoms with van der Waals surface area (Å²) in [6.07, 6.45) is 0.777. The maximum atomic E-state index is 12.9. The highest BCUT2D eigenvalue weighted by molar-refractivity contribution is 7.89. The first-order chi connectivity index (χ1) is 17.5. The maximum absolute atomic E-state index is 12.9. The van der Waals surface area contributed by atoms with E-state index >= 15 is 0 Å². The molecule has 0 aliphatic carbocycles. The summed E-state index contributed by atoms with van der Waals surface area (Å²) in [6.45, 7) is 5.87. The van der Waals surface area contributed by atoms with Crippen molar-refractivity contribution in [3.8, 4) is 11.1 Å². The Morgan fingerprint density at radius 2 is 1.32 bits per heavy atom. The molecular weight excluding hydrogens is 488 g/mol. The number of likely N-dealkylation sites (N-methyl/N-ethyl adjacent to an activating group) is 1. The number of carboxylic acid groups (broad SMARTS) is 1. The van der Waals surface area contributed by atoms with E-state index in [9.17, 15) is 18.0 Å². The molecule has 0 bridgehead atoms. The number of carboxylic acids is 1. The van der Waals surface area contributed by atoms with Crippen LogP contribution >= 0.6 is 0 Å². The molecule has 3 rings (SSSR count). The molecule has 198 valence electrons. The van der Waals surface area contributed by atoms with Gasteiger partial charge in [0, 0.05) is 20.5 Å². The fourth-order valence-corrected chi connectivity index (χ4v) is 4.84. The van der Waals surface area contributed by atoms with Crippen molar-refractivity contribution < 1.29 is 23.1 Å². The van der Waals surface area contributed by atoms with Crippen molar-refractivity contribution in [2.24, 2.45) is 0 Å². The molecule has 7 nitrogen and oxygen atoms in total. The van der Waals surface area contributed by atoms with Gasteiger partial charge in [0.05, 0.1) is 4.90 Å². The highest BCUT2D eigenvalue weighted by atomic mass is 32.2. The first-order valence-corrected chi connectivity index (χ1v) is 13.7. The van der Waals surface area contributed by atoms with Crippen molar-refractivity contribution in [3.05, 3.63) is 89.5 Å². The van der Waals surface area contributed by atoms with Crippen LogP contribution in [0.1, 0.15) is 37.0 Å².